The molecule has 154 valence electrons. The van der Waals surface area contributed by atoms with E-state index in [1.54, 1.807) is 12.1 Å². The molecule has 3 heterocycles. The molecule has 2 aromatic heterocycles. The summed E-state index contributed by atoms with van der Waals surface area (Å²) in [6, 6.07) is 5.58. The van der Waals surface area contributed by atoms with Crippen molar-refractivity contribution in [2.45, 2.75) is 39.2 Å². The lowest BCUT2D eigenvalue weighted by atomic mass is 9.96. The number of carbonyl (C=O) groups excluding carboxylic acids is 2. The molecular formula is C20H25N5O4. The highest BCUT2D eigenvalue weighted by molar-refractivity contribution is 5.80. The first-order valence-corrected chi connectivity index (χ1v) is 9.74. The first kappa shape index (κ1) is 20.5. The van der Waals surface area contributed by atoms with Gasteiger partial charge in [0.15, 0.2) is 5.76 Å². The quantitative estimate of drug-likeness (QED) is 0.730. The molecule has 2 amide bonds. The average molecular weight is 399 g/mol. The third kappa shape index (κ3) is 5.16. The molecule has 2 N–H and O–H groups in total. The zero-order valence-electron chi connectivity index (χ0n) is 16.6. The monoisotopic (exact) mass is 399 g/mol. The van der Waals surface area contributed by atoms with Crippen LogP contribution in [-0.4, -0.2) is 42.5 Å². The van der Waals surface area contributed by atoms with Crippen molar-refractivity contribution in [2.24, 2.45) is 5.92 Å². The predicted molar refractivity (Wildman–Crippen MR) is 105 cm³/mol. The molecule has 9 nitrogen and oxygen atoms in total. The Kier molecular flexibility index (Phi) is 6.54. The Balaban J connectivity index is 1.51. The van der Waals surface area contributed by atoms with Crippen LogP contribution < -0.4 is 15.5 Å². The van der Waals surface area contributed by atoms with Crippen LogP contribution in [0.25, 0.3) is 11.7 Å². The van der Waals surface area contributed by atoms with E-state index in [4.69, 9.17) is 8.83 Å². The molecule has 1 aliphatic rings. The fourth-order valence-electron chi connectivity index (χ4n) is 3.29. The number of oxazole rings is 1. The van der Waals surface area contributed by atoms with Gasteiger partial charge in [-0.05, 0) is 38.8 Å². The first-order chi connectivity index (χ1) is 14.0. The molecule has 0 radical (unpaired) electrons. The number of furan rings is 1. The predicted octanol–water partition coefficient (Wildman–Crippen LogP) is 2.05. The molecule has 2 aromatic rings. The normalized spacial score (nSPS) is 14.6. The van der Waals surface area contributed by atoms with E-state index < -0.39 is 0 Å². The minimum absolute atomic E-state index is 0.0450. The fourth-order valence-corrected chi connectivity index (χ4v) is 3.29. The van der Waals surface area contributed by atoms with E-state index in [9.17, 15) is 14.9 Å². The van der Waals surface area contributed by atoms with Crippen molar-refractivity contribution in [3.05, 3.63) is 24.1 Å². The fraction of sp³-hybridized carbons (Fsp3) is 0.500. The van der Waals surface area contributed by atoms with E-state index in [0.29, 0.717) is 44.1 Å². The highest BCUT2D eigenvalue weighted by Crippen LogP contribution is 2.31. The summed E-state index contributed by atoms with van der Waals surface area (Å²) in [5.74, 6) is 0.887. The SMILES string of the molecule is CC(C)NC(=O)CCNC(=O)C1CCN(c2oc(-c3ccco3)nc2C#N)CC1. The van der Waals surface area contributed by atoms with E-state index >= 15 is 0 Å². The molecule has 0 aromatic carbocycles. The molecule has 0 unspecified atom stereocenters. The van der Waals surface area contributed by atoms with Crippen LogP contribution in [0.3, 0.4) is 0 Å². The van der Waals surface area contributed by atoms with Crippen LogP contribution in [0.5, 0.6) is 0 Å². The summed E-state index contributed by atoms with van der Waals surface area (Å²) in [6.45, 7) is 5.27. The van der Waals surface area contributed by atoms with Crippen molar-refractivity contribution < 1.29 is 18.4 Å². The summed E-state index contributed by atoms with van der Waals surface area (Å²) in [6.07, 6.45) is 3.04. The zero-order valence-corrected chi connectivity index (χ0v) is 16.6. The molecule has 3 rings (SSSR count). The van der Waals surface area contributed by atoms with Crippen LogP contribution in [0.2, 0.25) is 0 Å². The van der Waals surface area contributed by atoms with Crippen LogP contribution >= 0.6 is 0 Å². The lowest BCUT2D eigenvalue weighted by Gasteiger charge is -2.30. The van der Waals surface area contributed by atoms with Gasteiger partial charge in [-0.3, -0.25) is 9.59 Å². The standard InChI is InChI=1S/C20H25N5O4/c1-13(2)23-17(26)5-8-22-18(27)14-6-9-25(10-7-14)20-15(12-21)24-19(29-20)16-4-3-11-28-16/h3-4,11,13-14H,5-10H2,1-2H3,(H,22,27)(H,23,26). The lowest BCUT2D eigenvalue weighted by molar-refractivity contribution is -0.125. The van der Waals surface area contributed by atoms with Gasteiger partial charge in [0.25, 0.3) is 5.89 Å². The van der Waals surface area contributed by atoms with Crippen LogP contribution in [0.4, 0.5) is 5.88 Å². The smallest absolute Gasteiger partial charge is 0.266 e. The number of nitrogens with zero attached hydrogens (tertiary/aromatic N) is 3. The molecule has 0 aliphatic carbocycles. The van der Waals surface area contributed by atoms with E-state index in [0.717, 1.165) is 0 Å². The van der Waals surface area contributed by atoms with E-state index in [1.165, 1.54) is 6.26 Å². The summed E-state index contributed by atoms with van der Waals surface area (Å²) in [5, 5.41) is 15.0. The van der Waals surface area contributed by atoms with Crippen molar-refractivity contribution in [3.63, 3.8) is 0 Å². The van der Waals surface area contributed by atoms with Crippen molar-refractivity contribution in [3.8, 4) is 17.7 Å². The third-order valence-electron chi connectivity index (χ3n) is 4.70. The van der Waals surface area contributed by atoms with Gasteiger partial charge in [-0.1, -0.05) is 0 Å². The summed E-state index contributed by atoms with van der Waals surface area (Å²) in [7, 11) is 0. The molecule has 29 heavy (non-hydrogen) atoms. The van der Waals surface area contributed by atoms with Gasteiger partial charge < -0.3 is 24.4 Å². The average Bonchev–Trinajstić information content (AvgIpc) is 3.37. The molecular weight excluding hydrogens is 374 g/mol. The Labute approximate surface area is 169 Å². The zero-order chi connectivity index (χ0) is 20.8. The minimum Gasteiger partial charge on any atom is -0.459 e. The maximum absolute atomic E-state index is 12.4. The summed E-state index contributed by atoms with van der Waals surface area (Å²) in [5.41, 5.74) is 0.204. The second-order valence-corrected chi connectivity index (χ2v) is 7.29. The Bertz CT molecular complexity index is 873. The van der Waals surface area contributed by atoms with Gasteiger partial charge in [-0.2, -0.15) is 10.2 Å². The molecule has 9 heteroatoms. The van der Waals surface area contributed by atoms with Crippen LogP contribution in [0.1, 0.15) is 38.8 Å². The number of amides is 2. The van der Waals surface area contributed by atoms with Gasteiger partial charge in [0.1, 0.15) is 6.07 Å². The summed E-state index contributed by atoms with van der Waals surface area (Å²) >= 11 is 0. The number of hydrogen-bond donors (Lipinski definition) is 2. The highest BCUT2D eigenvalue weighted by Gasteiger charge is 2.29. The second-order valence-electron chi connectivity index (χ2n) is 7.29. The molecule has 0 saturated carbocycles. The van der Waals surface area contributed by atoms with Crippen LogP contribution in [0.15, 0.2) is 27.2 Å². The largest absolute Gasteiger partial charge is 0.459 e. The maximum atomic E-state index is 12.4. The van der Waals surface area contributed by atoms with Crippen molar-refractivity contribution in [1.29, 1.82) is 5.26 Å². The Morgan fingerprint density at radius 3 is 2.76 bits per heavy atom. The summed E-state index contributed by atoms with van der Waals surface area (Å²) in [4.78, 5) is 30.1. The molecule has 1 fully saturated rings. The number of piperidine rings is 1. The van der Waals surface area contributed by atoms with Crippen LogP contribution in [-0.2, 0) is 9.59 Å². The topological polar surface area (TPSA) is 124 Å². The van der Waals surface area contributed by atoms with Gasteiger partial charge in [-0.25, -0.2) is 0 Å². The van der Waals surface area contributed by atoms with Gasteiger partial charge in [0, 0.05) is 38.0 Å². The molecule has 0 atom stereocenters. The molecule has 0 spiro atoms. The Morgan fingerprint density at radius 1 is 1.38 bits per heavy atom. The van der Waals surface area contributed by atoms with Gasteiger partial charge >= 0.3 is 0 Å². The molecule has 1 aliphatic heterocycles. The number of hydrogen-bond acceptors (Lipinski definition) is 7. The third-order valence-corrected chi connectivity index (χ3v) is 4.70. The number of aromatic nitrogens is 1. The first-order valence-electron chi connectivity index (χ1n) is 9.74. The van der Waals surface area contributed by atoms with Gasteiger partial charge in [0.2, 0.25) is 23.4 Å². The van der Waals surface area contributed by atoms with Crippen molar-refractivity contribution in [2.75, 3.05) is 24.5 Å². The van der Waals surface area contributed by atoms with E-state index in [-0.39, 0.29) is 41.8 Å². The van der Waals surface area contributed by atoms with Gasteiger partial charge in [-0.15, -0.1) is 0 Å². The highest BCUT2D eigenvalue weighted by atomic mass is 16.4. The van der Waals surface area contributed by atoms with Crippen LogP contribution in [0, 0.1) is 17.2 Å². The van der Waals surface area contributed by atoms with Crippen molar-refractivity contribution in [1.82, 2.24) is 15.6 Å². The number of nitrogens with one attached hydrogen (secondary N) is 2. The van der Waals surface area contributed by atoms with Crippen molar-refractivity contribution >= 4 is 17.7 Å². The second kappa shape index (κ2) is 9.28. The Morgan fingerprint density at radius 2 is 2.14 bits per heavy atom. The van der Waals surface area contributed by atoms with Gasteiger partial charge in [0.05, 0.1) is 6.26 Å². The number of nitriles is 1. The molecule has 0 bridgehead atoms. The summed E-state index contributed by atoms with van der Waals surface area (Å²) < 4.78 is 11.0. The number of anilines is 1. The Hall–Kier alpha value is -3.28. The van der Waals surface area contributed by atoms with E-state index in [2.05, 4.69) is 21.7 Å². The number of carbonyl (C=O) groups is 2. The van der Waals surface area contributed by atoms with E-state index in [1.807, 2.05) is 18.7 Å². The lowest BCUT2D eigenvalue weighted by Crippen LogP contribution is -2.41. The molecule has 1 saturated heterocycles. The minimum atomic E-state index is -0.127. The number of rotatable bonds is 7. The maximum Gasteiger partial charge on any atom is 0.266 e.